The van der Waals surface area contributed by atoms with Crippen molar-refractivity contribution in [1.29, 1.82) is 0 Å². The van der Waals surface area contributed by atoms with Crippen LogP contribution in [0.1, 0.15) is 30.2 Å². The van der Waals surface area contributed by atoms with Crippen LogP contribution in [0.25, 0.3) is 17.1 Å². The van der Waals surface area contributed by atoms with E-state index in [-0.39, 0.29) is 23.3 Å². The van der Waals surface area contributed by atoms with E-state index in [0.717, 1.165) is 16.9 Å². The summed E-state index contributed by atoms with van der Waals surface area (Å²) in [6.45, 7) is 6.72. The first-order valence-electron chi connectivity index (χ1n) is 10.3. The fraction of sp³-hybridized carbons (Fsp3) is 0.391. The molecule has 4 rings (SSSR count). The topological polar surface area (TPSA) is 76.4 Å². The van der Waals surface area contributed by atoms with Gasteiger partial charge in [0, 0.05) is 36.1 Å². The second kappa shape index (κ2) is 7.77. The summed E-state index contributed by atoms with van der Waals surface area (Å²) in [5.41, 5.74) is 2.15. The molecule has 8 heteroatoms. The van der Waals surface area contributed by atoms with Crippen molar-refractivity contribution in [1.82, 2.24) is 29.5 Å². The van der Waals surface area contributed by atoms with Crippen molar-refractivity contribution in [3.63, 3.8) is 0 Å². The number of aromatic nitrogens is 4. The third-order valence-electron chi connectivity index (χ3n) is 6.00. The number of carbonyl (C=O) groups is 1. The summed E-state index contributed by atoms with van der Waals surface area (Å²) in [6, 6.07) is 11.7. The minimum Gasteiger partial charge on any atom is -0.497 e. The lowest BCUT2D eigenvalue weighted by molar-refractivity contribution is -0.0488. The van der Waals surface area contributed by atoms with Gasteiger partial charge in [-0.3, -0.25) is 9.78 Å². The zero-order chi connectivity index (χ0) is 22.3. The van der Waals surface area contributed by atoms with Crippen molar-refractivity contribution < 1.29 is 9.53 Å². The lowest BCUT2D eigenvalue weighted by Crippen LogP contribution is -2.73. The highest BCUT2D eigenvalue weighted by molar-refractivity contribution is 5.92. The predicted octanol–water partition coefficient (Wildman–Crippen LogP) is 2.81. The molecule has 0 aliphatic carbocycles. The molecule has 0 N–H and O–H groups in total. The molecule has 1 aliphatic rings. The van der Waals surface area contributed by atoms with E-state index in [4.69, 9.17) is 4.74 Å². The maximum atomic E-state index is 13.3. The van der Waals surface area contributed by atoms with Gasteiger partial charge in [-0.2, -0.15) is 0 Å². The van der Waals surface area contributed by atoms with E-state index in [1.807, 2.05) is 62.3 Å². The summed E-state index contributed by atoms with van der Waals surface area (Å²) in [5, 5.41) is 4.61. The number of methoxy groups -OCH3 is 1. The van der Waals surface area contributed by atoms with Crippen molar-refractivity contribution in [2.24, 2.45) is 0 Å². The van der Waals surface area contributed by atoms with Crippen LogP contribution >= 0.6 is 0 Å². The molecule has 1 aliphatic heterocycles. The Labute approximate surface area is 182 Å². The highest BCUT2D eigenvalue weighted by atomic mass is 16.5. The van der Waals surface area contributed by atoms with Crippen LogP contribution in [0.15, 0.2) is 42.6 Å². The van der Waals surface area contributed by atoms with Gasteiger partial charge < -0.3 is 14.5 Å². The maximum absolute atomic E-state index is 13.3. The van der Waals surface area contributed by atoms with Crippen LogP contribution in [0, 0.1) is 6.92 Å². The Morgan fingerprint density at radius 1 is 1.23 bits per heavy atom. The fourth-order valence-electron chi connectivity index (χ4n) is 4.07. The number of hydrogen-bond acceptors (Lipinski definition) is 6. The number of amides is 1. The van der Waals surface area contributed by atoms with Crippen molar-refractivity contribution in [3.05, 3.63) is 54.1 Å². The molecule has 162 valence electrons. The lowest BCUT2D eigenvalue weighted by Gasteiger charge is -2.57. The summed E-state index contributed by atoms with van der Waals surface area (Å²) >= 11 is 0. The van der Waals surface area contributed by atoms with Crippen LogP contribution in [0.2, 0.25) is 0 Å². The van der Waals surface area contributed by atoms with Crippen LogP contribution in [0.5, 0.6) is 5.75 Å². The molecule has 3 aromatic rings. The molecule has 0 radical (unpaired) electrons. The number of carbonyl (C=O) groups excluding carboxylic acids is 1. The molecule has 1 fully saturated rings. The Morgan fingerprint density at radius 2 is 2.00 bits per heavy atom. The van der Waals surface area contributed by atoms with Gasteiger partial charge in [0.1, 0.15) is 5.75 Å². The molecule has 8 nitrogen and oxygen atoms in total. The van der Waals surface area contributed by atoms with E-state index < -0.39 is 0 Å². The third-order valence-corrected chi connectivity index (χ3v) is 6.00. The molecule has 0 saturated carbocycles. The summed E-state index contributed by atoms with van der Waals surface area (Å²) < 4.78 is 7.04. The number of likely N-dealkylation sites (tertiary alicyclic amines) is 1. The molecular weight excluding hydrogens is 392 g/mol. The lowest BCUT2D eigenvalue weighted by atomic mass is 9.82. The number of rotatable bonds is 5. The summed E-state index contributed by atoms with van der Waals surface area (Å²) in [4.78, 5) is 26.4. The third kappa shape index (κ3) is 3.67. The number of pyridine rings is 1. The highest BCUT2D eigenvalue weighted by Crippen LogP contribution is 2.34. The number of benzene rings is 1. The highest BCUT2D eigenvalue weighted by Gasteiger charge is 2.50. The maximum Gasteiger partial charge on any atom is 0.294 e. The van der Waals surface area contributed by atoms with Crippen molar-refractivity contribution in [3.8, 4) is 22.8 Å². The molecule has 0 bridgehead atoms. The van der Waals surface area contributed by atoms with E-state index in [2.05, 4.69) is 33.8 Å². The fourth-order valence-corrected chi connectivity index (χ4v) is 4.07. The SMILES string of the molecule is COc1cccc(-n2nc(C(=O)N3CC(N(C)C)C3(C)C)nc2-c2ccc(C)nc2)c1. The first-order valence-corrected chi connectivity index (χ1v) is 10.3. The number of ether oxygens (including phenoxy) is 1. The molecule has 1 saturated heterocycles. The molecular formula is C23H28N6O2. The number of aryl methyl sites for hydroxylation is 1. The normalized spacial score (nSPS) is 17.5. The summed E-state index contributed by atoms with van der Waals surface area (Å²) in [6.07, 6.45) is 1.75. The minimum atomic E-state index is -0.298. The van der Waals surface area contributed by atoms with Gasteiger partial charge in [-0.05, 0) is 59.1 Å². The van der Waals surface area contributed by atoms with Crippen molar-refractivity contribution >= 4 is 5.91 Å². The Balaban J connectivity index is 1.76. The van der Waals surface area contributed by atoms with Crippen LogP contribution in [-0.2, 0) is 0 Å². The van der Waals surface area contributed by atoms with Crippen LogP contribution in [0.4, 0.5) is 0 Å². The monoisotopic (exact) mass is 420 g/mol. The van der Waals surface area contributed by atoms with Gasteiger partial charge in [-0.15, -0.1) is 5.10 Å². The number of nitrogens with zero attached hydrogens (tertiary/aromatic N) is 6. The summed E-state index contributed by atoms with van der Waals surface area (Å²) in [5.74, 6) is 1.26. The van der Waals surface area contributed by atoms with Crippen molar-refractivity contribution in [2.75, 3.05) is 27.7 Å². The van der Waals surface area contributed by atoms with E-state index in [0.29, 0.717) is 18.1 Å². The zero-order valence-corrected chi connectivity index (χ0v) is 18.8. The van der Waals surface area contributed by atoms with Gasteiger partial charge >= 0.3 is 0 Å². The summed E-state index contributed by atoms with van der Waals surface area (Å²) in [7, 11) is 5.69. The first-order chi connectivity index (χ1) is 14.7. The first kappa shape index (κ1) is 21.0. The Hall–Kier alpha value is -3.26. The van der Waals surface area contributed by atoms with Gasteiger partial charge in [0.15, 0.2) is 5.82 Å². The van der Waals surface area contributed by atoms with Gasteiger partial charge in [0.25, 0.3) is 5.91 Å². The molecule has 1 unspecified atom stereocenters. The Kier molecular flexibility index (Phi) is 5.26. The average Bonchev–Trinajstić information content (AvgIpc) is 3.19. The molecule has 1 atom stereocenters. The van der Waals surface area contributed by atoms with Gasteiger partial charge in [-0.1, -0.05) is 6.07 Å². The predicted molar refractivity (Wildman–Crippen MR) is 118 cm³/mol. The molecule has 1 aromatic carbocycles. The molecule has 1 amide bonds. The molecule has 31 heavy (non-hydrogen) atoms. The van der Waals surface area contributed by atoms with Crippen LogP contribution < -0.4 is 4.74 Å². The standard InChI is InChI=1S/C23H28N6O2/c1-15-10-11-16(13-24-15)21-25-20(22(30)28-14-19(27(4)5)23(28,2)3)26-29(21)17-8-7-9-18(12-17)31-6/h7-13,19H,14H2,1-6H3. The van der Waals surface area contributed by atoms with Crippen LogP contribution in [-0.4, -0.2) is 74.8 Å². The zero-order valence-electron chi connectivity index (χ0n) is 18.8. The second-order valence-corrected chi connectivity index (χ2v) is 8.61. The van der Waals surface area contributed by atoms with Gasteiger partial charge in [0.05, 0.1) is 18.3 Å². The second-order valence-electron chi connectivity index (χ2n) is 8.61. The van der Waals surface area contributed by atoms with Gasteiger partial charge in [-0.25, -0.2) is 9.67 Å². The van der Waals surface area contributed by atoms with E-state index in [9.17, 15) is 4.79 Å². The molecule has 3 heterocycles. The average molecular weight is 421 g/mol. The Bertz CT molecular complexity index is 1100. The van der Waals surface area contributed by atoms with E-state index in [1.165, 1.54) is 0 Å². The van der Waals surface area contributed by atoms with E-state index >= 15 is 0 Å². The molecule has 2 aromatic heterocycles. The minimum absolute atomic E-state index is 0.170. The van der Waals surface area contributed by atoms with E-state index in [1.54, 1.807) is 18.0 Å². The Morgan fingerprint density at radius 3 is 2.61 bits per heavy atom. The smallest absolute Gasteiger partial charge is 0.294 e. The largest absolute Gasteiger partial charge is 0.497 e. The van der Waals surface area contributed by atoms with Crippen molar-refractivity contribution in [2.45, 2.75) is 32.4 Å². The number of hydrogen-bond donors (Lipinski definition) is 0. The quantitative estimate of drug-likeness (QED) is 0.632. The number of likely N-dealkylation sites (N-methyl/N-ethyl adjacent to an activating group) is 1. The molecule has 0 spiro atoms. The van der Waals surface area contributed by atoms with Gasteiger partial charge in [0.2, 0.25) is 5.82 Å². The van der Waals surface area contributed by atoms with Crippen LogP contribution in [0.3, 0.4) is 0 Å².